The largest absolute Gasteiger partial charge is 0.508 e. The van der Waals surface area contributed by atoms with Crippen LogP contribution in [-0.2, 0) is 9.09 Å². The summed E-state index contributed by atoms with van der Waals surface area (Å²) in [5, 5.41) is 56.2. The summed E-state index contributed by atoms with van der Waals surface area (Å²) in [6.45, 7) is 1.73. The maximum absolute atomic E-state index is 11.2. The number of hydrogen-bond donors (Lipinski definition) is 8. The number of hydrogen-bond acceptors (Lipinski definition) is 10. The number of aliphatic hydroxyl groups is 5. The summed E-state index contributed by atoms with van der Waals surface area (Å²) in [7, 11) is -5.01. The Bertz CT molecular complexity index is 988. The van der Waals surface area contributed by atoms with Crippen molar-refractivity contribution in [3.05, 3.63) is 39.2 Å². The smallest absolute Gasteiger partial charge is 0.470 e. The number of rotatable bonds is 2. The number of phenolic OH excluding ortho intramolecular Hbond substituents is 1. The minimum atomic E-state index is -5.01. The van der Waals surface area contributed by atoms with Crippen LogP contribution in [0.25, 0.3) is 11.0 Å². The van der Waals surface area contributed by atoms with Gasteiger partial charge in [0.15, 0.2) is 0 Å². The van der Waals surface area contributed by atoms with Gasteiger partial charge in [0.2, 0.25) is 0 Å². The molecule has 1 saturated carbocycles. The summed E-state index contributed by atoms with van der Waals surface area (Å²) in [4.78, 5) is 28.2. The van der Waals surface area contributed by atoms with Gasteiger partial charge in [0.1, 0.15) is 53.0 Å². The number of phosphoric acid groups is 1. The maximum Gasteiger partial charge on any atom is 0.470 e. The Hall–Kier alpha value is -1.57. The molecular formula is C16H20ClO12P. The first-order valence-corrected chi connectivity index (χ1v) is 10.2. The third kappa shape index (κ3) is 5.37. The van der Waals surface area contributed by atoms with Crippen LogP contribution in [0.2, 0.25) is 5.02 Å². The Labute approximate surface area is 173 Å². The molecular weight excluding hydrogens is 451 g/mol. The number of fused-ring (bicyclic) bond motifs is 1. The molecule has 8 N–H and O–H groups in total. The average Bonchev–Trinajstić information content (AvgIpc) is 2.66. The van der Waals surface area contributed by atoms with Crippen LogP contribution in [-0.4, -0.2) is 77.0 Å². The van der Waals surface area contributed by atoms with Crippen LogP contribution in [0, 0.1) is 6.92 Å². The number of benzene rings is 1. The number of aromatic hydroxyl groups is 1. The molecule has 30 heavy (non-hydrogen) atoms. The van der Waals surface area contributed by atoms with Crippen molar-refractivity contribution in [2.45, 2.75) is 43.5 Å². The second-order valence-corrected chi connectivity index (χ2v) is 8.09. The van der Waals surface area contributed by atoms with Gasteiger partial charge in [-0.3, -0.25) is 4.52 Å². The van der Waals surface area contributed by atoms with Gasteiger partial charge in [0.05, 0.1) is 0 Å². The lowest BCUT2D eigenvalue weighted by Crippen LogP contribution is -2.64. The van der Waals surface area contributed by atoms with Gasteiger partial charge in [-0.25, -0.2) is 9.36 Å². The number of aryl methyl sites for hydroxylation is 1. The van der Waals surface area contributed by atoms with Crippen LogP contribution in [0.3, 0.4) is 0 Å². The van der Waals surface area contributed by atoms with Gasteiger partial charge in [-0.05, 0) is 24.6 Å². The molecule has 1 aliphatic carbocycles. The highest BCUT2D eigenvalue weighted by molar-refractivity contribution is 7.46. The zero-order valence-corrected chi connectivity index (χ0v) is 16.9. The molecule has 0 aliphatic heterocycles. The van der Waals surface area contributed by atoms with Crippen LogP contribution < -0.4 is 5.63 Å². The van der Waals surface area contributed by atoms with Crippen LogP contribution >= 0.6 is 19.4 Å². The molecule has 1 aromatic heterocycles. The summed E-state index contributed by atoms with van der Waals surface area (Å²) in [5.41, 5.74) is 0.428. The summed E-state index contributed by atoms with van der Waals surface area (Å²) in [5.74, 6) is 0.0578. The molecule has 1 fully saturated rings. The maximum atomic E-state index is 11.2. The highest BCUT2D eigenvalue weighted by Gasteiger charge is 2.50. The Morgan fingerprint density at radius 3 is 2.00 bits per heavy atom. The van der Waals surface area contributed by atoms with Gasteiger partial charge < -0.3 is 44.8 Å². The molecule has 2 unspecified atom stereocenters. The Balaban J connectivity index is 0.000000215. The van der Waals surface area contributed by atoms with Crippen molar-refractivity contribution in [1.82, 2.24) is 0 Å². The molecule has 0 bridgehead atoms. The van der Waals surface area contributed by atoms with E-state index in [0.717, 1.165) is 5.39 Å². The second kappa shape index (κ2) is 9.28. The van der Waals surface area contributed by atoms with E-state index in [1.165, 1.54) is 12.1 Å². The van der Waals surface area contributed by atoms with Crippen LogP contribution in [0.5, 0.6) is 5.75 Å². The Morgan fingerprint density at radius 1 is 1.00 bits per heavy atom. The van der Waals surface area contributed by atoms with E-state index in [-0.39, 0.29) is 10.8 Å². The normalized spacial score (nSPS) is 29.4. The van der Waals surface area contributed by atoms with Gasteiger partial charge in [0.25, 0.3) is 0 Å². The molecule has 12 nitrogen and oxygen atoms in total. The van der Waals surface area contributed by atoms with E-state index in [1.54, 1.807) is 13.0 Å². The van der Waals surface area contributed by atoms with E-state index < -0.39 is 50.1 Å². The molecule has 0 radical (unpaired) electrons. The zero-order valence-electron chi connectivity index (χ0n) is 15.2. The van der Waals surface area contributed by atoms with Gasteiger partial charge in [-0.15, -0.1) is 0 Å². The van der Waals surface area contributed by atoms with Crippen molar-refractivity contribution >= 4 is 30.4 Å². The molecule has 0 saturated heterocycles. The minimum Gasteiger partial charge on any atom is -0.508 e. The molecule has 2 aromatic rings. The fourth-order valence-corrected chi connectivity index (χ4v) is 3.51. The highest BCUT2D eigenvalue weighted by atomic mass is 35.5. The molecule has 1 aliphatic rings. The summed E-state index contributed by atoms with van der Waals surface area (Å²) < 4.78 is 19.4. The van der Waals surface area contributed by atoms with Crippen molar-refractivity contribution in [2.24, 2.45) is 0 Å². The zero-order chi connectivity index (χ0) is 23.0. The van der Waals surface area contributed by atoms with E-state index in [0.29, 0.717) is 11.1 Å². The topological polar surface area (TPSA) is 218 Å². The molecule has 0 spiro atoms. The van der Waals surface area contributed by atoms with Crippen molar-refractivity contribution in [3.63, 3.8) is 0 Å². The highest BCUT2D eigenvalue weighted by Crippen LogP contribution is 2.41. The predicted octanol–water partition coefficient (Wildman–Crippen LogP) is -1.26. The first-order valence-electron chi connectivity index (χ1n) is 8.30. The van der Waals surface area contributed by atoms with Crippen molar-refractivity contribution in [2.75, 3.05) is 0 Å². The number of aliphatic hydroxyl groups excluding tert-OH is 5. The number of phenols is 1. The van der Waals surface area contributed by atoms with Crippen molar-refractivity contribution in [3.8, 4) is 5.75 Å². The number of phosphoric ester groups is 1. The standard InChI is InChI=1S/C10H7ClO3.C6H13O9P/c1-5-7-3-2-6(12)4-8(7)14-10(13)9(5)11;7-1-2(8)4(10)6(5(11)3(1)9)15-16(12,13)14/h2-4,12H,1H3;1-11H,(H2,12,13,14)/t;1?,2-,3+,4-,5-,6?/m.0/s1. The fourth-order valence-electron chi connectivity index (χ4n) is 2.80. The summed E-state index contributed by atoms with van der Waals surface area (Å²) in [6, 6.07) is 4.57. The van der Waals surface area contributed by atoms with Crippen LogP contribution in [0.4, 0.5) is 0 Å². The second-order valence-electron chi connectivity index (χ2n) is 6.52. The van der Waals surface area contributed by atoms with Crippen molar-refractivity contribution < 1.29 is 53.9 Å². The van der Waals surface area contributed by atoms with Gasteiger partial charge in [0, 0.05) is 11.5 Å². The Morgan fingerprint density at radius 2 is 1.50 bits per heavy atom. The van der Waals surface area contributed by atoms with E-state index >= 15 is 0 Å². The SMILES string of the molecule is Cc1c(Cl)c(=O)oc2cc(O)ccc12.O=P(O)(O)OC1[C@@H](O)[C@H](O)C(O)[C@H](O)[C@@H]1O. The molecule has 6 atom stereocenters. The lowest BCUT2D eigenvalue weighted by molar-refractivity contribution is -0.219. The summed E-state index contributed by atoms with van der Waals surface area (Å²) >= 11 is 5.73. The monoisotopic (exact) mass is 470 g/mol. The summed E-state index contributed by atoms with van der Waals surface area (Å²) in [6.07, 6.45) is -11.3. The minimum absolute atomic E-state index is 0.0578. The van der Waals surface area contributed by atoms with E-state index in [1.807, 2.05) is 0 Å². The third-order valence-electron chi connectivity index (χ3n) is 4.41. The first kappa shape index (κ1) is 24.7. The molecule has 14 heteroatoms. The third-order valence-corrected chi connectivity index (χ3v) is 5.37. The molecule has 1 heterocycles. The van der Waals surface area contributed by atoms with E-state index in [2.05, 4.69) is 4.52 Å². The molecule has 3 rings (SSSR count). The fraction of sp³-hybridized carbons (Fsp3) is 0.438. The van der Waals surface area contributed by atoms with Crippen LogP contribution in [0.15, 0.2) is 27.4 Å². The first-order chi connectivity index (χ1) is 13.7. The molecule has 0 amide bonds. The Kier molecular flexibility index (Phi) is 7.64. The quantitative estimate of drug-likeness (QED) is 0.190. The van der Waals surface area contributed by atoms with Gasteiger partial charge in [-0.2, -0.15) is 0 Å². The van der Waals surface area contributed by atoms with E-state index in [4.69, 9.17) is 30.9 Å². The lowest BCUT2D eigenvalue weighted by Gasteiger charge is -2.41. The predicted molar refractivity (Wildman–Crippen MR) is 101 cm³/mol. The molecule has 1 aromatic carbocycles. The molecule has 168 valence electrons. The van der Waals surface area contributed by atoms with Crippen molar-refractivity contribution in [1.29, 1.82) is 0 Å². The lowest BCUT2D eigenvalue weighted by atomic mass is 9.85. The van der Waals surface area contributed by atoms with Gasteiger partial charge in [-0.1, -0.05) is 11.6 Å². The van der Waals surface area contributed by atoms with E-state index in [9.17, 15) is 34.9 Å². The number of halogens is 1. The average molecular weight is 471 g/mol. The van der Waals surface area contributed by atoms with Crippen LogP contribution in [0.1, 0.15) is 5.56 Å². The van der Waals surface area contributed by atoms with Gasteiger partial charge >= 0.3 is 13.4 Å².